The van der Waals surface area contributed by atoms with Gasteiger partial charge in [-0.1, -0.05) is 18.2 Å². The summed E-state index contributed by atoms with van der Waals surface area (Å²) in [4.78, 5) is 21.9. The molecule has 0 aliphatic carbocycles. The molecule has 0 bridgehead atoms. The molecule has 3 heterocycles. The van der Waals surface area contributed by atoms with Crippen molar-refractivity contribution in [1.82, 2.24) is 15.0 Å². The monoisotopic (exact) mass is 652 g/mol. The zero-order valence-corrected chi connectivity index (χ0v) is 26.1. The number of nitrogens with one attached hydrogen (secondary N) is 3. The Hall–Kier alpha value is -4.78. The molecule has 0 radical (unpaired) electrons. The largest absolute Gasteiger partial charge is 0.493 e. The van der Waals surface area contributed by atoms with E-state index in [4.69, 9.17) is 19.0 Å². The maximum absolute atomic E-state index is 15.3. The number of aromatic nitrogens is 3. The van der Waals surface area contributed by atoms with Gasteiger partial charge in [-0.25, -0.2) is 22.8 Å². The van der Waals surface area contributed by atoms with Crippen molar-refractivity contribution in [2.75, 3.05) is 19.5 Å². The first-order chi connectivity index (χ1) is 21.9. The van der Waals surface area contributed by atoms with Gasteiger partial charge in [0.05, 0.1) is 34.0 Å². The zero-order valence-electron chi connectivity index (χ0n) is 25.3. The zero-order chi connectivity index (χ0) is 32.8. The Labute approximate surface area is 263 Å². The predicted octanol–water partition coefficient (Wildman–Crippen LogP) is 7.39. The Bertz CT molecular complexity index is 2090. The number of rotatable bonds is 9. The number of benzene rings is 3. The highest BCUT2D eigenvalue weighted by molar-refractivity contribution is 7.92. The number of carbonyl (C=O) groups excluding carboxylic acids is 1. The van der Waals surface area contributed by atoms with Gasteiger partial charge in [-0.3, -0.25) is 4.79 Å². The van der Waals surface area contributed by atoms with E-state index >= 15 is 8.78 Å². The van der Waals surface area contributed by atoms with Crippen LogP contribution in [0.5, 0.6) is 17.2 Å². The first-order valence-electron chi connectivity index (χ1n) is 14.6. The van der Waals surface area contributed by atoms with E-state index in [9.17, 15) is 13.4 Å². The molecule has 240 valence electrons. The highest BCUT2D eigenvalue weighted by Gasteiger charge is 2.38. The second-order valence-corrected chi connectivity index (χ2v) is 13.4. The average Bonchev–Trinajstić information content (AvgIpc) is 3.71. The summed E-state index contributed by atoms with van der Waals surface area (Å²) in [7, 11) is -3.59. The number of carbonyl (C=O) groups is 1. The van der Waals surface area contributed by atoms with Gasteiger partial charge >= 0.3 is 5.97 Å². The summed E-state index contributed by atoms with van der Waals surface area (Å²) >= 11 is 0. The summed E-state index contributed by atoms with van der Waals surface area (Å²) in [6, 6.07) is 10.7. The summed E-state index contributed by atoms with van der Waals surface area (Å²) < 4.78 is 83.3. The molecule has 0 amide bonds. The minimum absolute atomic E-state index is 0.00363. The van der Waals surface area contributed by atoms with Crippen LogP contribution < -0.4 is 9.47 Å². The van der Waals surface area contributed by atoms with Crippen molar-refractivity contribution in [1.29, 1.82) is 4.78 Å². The quantitative estimate of drug-likeness (QED) is 0.142. The van der Waals surface area contributed by atoms with Gasteiger partial charge in [0, 0.05) is 47.1 Å². The van der Waals surface area contributed by atoms with E-state index in [1.54, 1.807) is 13.1 Å². The second-order valence-electron chi connectivity index (χ2n) is 11.3. The molecule has 3 aromatic carbocycles. The molecule has 2 aromatic heterocycles. The number of hydrogen-bond acceptors (Lipinski definition) is 7. The summed E-state index contributed by atoms with van der Waals surface area (Å²) in [5, 5.41) is 0.0449. The van der Waals surface area contributed by atoms with Crippen molar-refractivity contribution in [2.45, 2.75) is 43.4 Å². The van der Waals surface area contributed by atoms with Crippen molar-refractivity contribution in [3.63, 3.8) is 0 Å². The van der Waals surface area contributed by atoms with Crippen LogP contribution in [0.1, 0.15) is 43.5 Å². The number of fused-ring (bicyclic) bond motifs is 2. The number of aromatic amines is 2. The number of nitrogens with zero attached hydrogens (tertiary/aromatic N) is 1. The summed E-state index contributed by atoms with van der Waals surface area (Å²) in [6.07, 6.45) is 5.29. The molecule has 0 spiro atoms. The van der Waals surface area contributed by atoms with Crippen LogP contribution in [0.3, 0.4) is 0 Å². The summed E-state index contributed by atoms with van der Waals surface area (Å²) in [5.74, 6) is -3.57. The first-order valence-corrected chi connectivity index (χ1v) is 16.5. The molecule has 3 N–H and O–H groups in total. The van der Waals surface area contributed by atoms with E-state index in [2.05, 4.69) is 15.0 Å². The molecule has 46 heavy (non-hydrogen) atoms. The normalized spacial score (nSPS) is 17.3. The average molecular weight is 653 g/mol. The van der Waals surface area contributed by atoms with Gasteiger partial charge in [0.1, 0.15) is 28.0 Å². The SMILES string of the molecule is CCOC(=O)CCc1cccc2c1OCCC2(C)c1cnc(-c2cc(Oc3c(F)c(F)c4[nH]ccc4c3S(C)(=N)=O)ccc2F)[nH]1. The number of ether oxygens (including phenoxy) is 3. The molecule has 1 aliphatic rings. The lowest BCUT2D eigenvalue weighted by Crippen LogP contribution is -2.32. The fraction of sp³-hybridized carbons (Fsp3) is 0.273. The highest BCUT2D eigenvalue weighted by Crippen LogP contribution is 2.45. The van der Waals surface area contributed by atoms with Gasteiger partial charge in [0.25, 0.3) is 0 Å². The van der Waals surface area contributed by atoms with Crippen LogP contribution in [0.15, 0.2) is 59.8 Å². The smallest absolute Gasteiger partial charge is 0.306 e. The highest BCUT2D eigenvalue weighted by atomic mass is 32.2. The van der Waals surface area contributed by atoms with E-state index in [-0.39, 0.29) is 45.3 Å². The Morgan fingerprint density at radius 3 is 2.74 bits per heavy atom. The molecule has 5 aromatic rings. The van der Waals surface area contributed by atoms with Gasteiger partial charge in [-0.15, -0.1) is 0 Å². The minimum atomic E-state index is -3.59. The molecule has 2 atom stereocenters. The molecule has 6 rings (SSSR count). The first kappa shape index (κ1) is 31.2. The molecule has 9 nitrogen and oxygen atoms in total. The Morgan fingerprint density at radius 2 is 1.98 bits per heavy atom. The maximum Gasteiger partial charge on any atom is 0.306 e. The predicted molar refractivity (Wildman–Crippen MR) is 165 cm³/mol. The summed E-state index contributed by atoms with van der Waals surface area (Å²) in [5.41, 5.74) is 1.61. The summed E-state index contributed by atoms with van der Waals surface area (Å²) in [6.45, 7) is 4.49. The van der Waals surface area contributed by atoms with Crippen LogP contribution in [0.25, 0.3) is 22.3 Å². The number of hydrogen-bond donors (Lipinski definition) is 3. The Kier molecular flexibility index (Phi) is 8.05. The third kappa shape index (κ3) is 5.48. The van der Waals surface area contributed by atoms with Crippen LogP contribution >= 0.6 is 0 Å². The maximum atomic E-state index is 15.3. The van der Waals surface area contributed by atoms with E-state index in [0.717, 1.165) is 23.4 Å². The van der Waals surface area contributed by atoms with Crippen molar-refractivity contribution in [3.05, 3.63) is 89.1 Å². The van der Waals surface area contributed by atoms with Gasteiger partial charge in [0.15, 0.2) is 11.6 Å². The molecule has 0 saturated heterocycles. The van der Waals surface area contributed by atoms with Gasteiger partial charge < -0.3 is 24.2 Å². The van der Waals surface area contributed by atoms with Crippen molar-refractivity contribution < 1.29 is 36.4 Å². The van der Waals surface area contributed by atoms with Crippen LogP contribution in [0.4, 0.5) is 13.2 Å². The topological polar surface area (TPSA) is 130 Å². The fourth-order valence-corrected chi connectivity index (χ4v) is 6.96. The number of esters is 1. The van der Waals surface area contributed by atoms with Crippen molar-refractivity contribution in [2.24, 2.45) is 0 Å². The Morgan fingerprint density at radius 1 is 1.17 bits per heavy atom. The van der Waals surface area contributed by atoms with Crippen LogP contribution in [-0.2, 0) is 31.1 Å². The lowest BCUT2D eigenvalue weighted by Gasteiger charge is -2.36. The lowest BCUT2D eigenvalue weighted by atomic mass is 9.74. The standard InChI is InChI=1S/C33H31F3N4O5S/c1-4-43-25(41)11-8-18-6-5-7-22-29(18)44-15-13-33(22,2)24-17-39-32(40-24)21-16-19(9-10-23(21)34)45-30-27(36)26(35)28-20(12-14-38-28)31(30)46(3,37)42/h5-7,9-10,12,14,16-17,37-38H,4,8,11,13,15H2,1-3H3,(H,39,40). The van der Waals surface area contributed by atoms with Crippen molar-refractivity contribution in [3.8, 4) is 28.6 Å². The third-order valence-electron chi connectivity index (χ3n) is 8.23. The van der Waals surface area contributed by atoms with E-state index < -0.39 is 38.3 Å². The number of H-pyrrole nitrogens is 2. The van der Waals surface area contributed by atoms with Gasteiger partial charge in [-0.2, -0.15) is 4.39 Å². The van der Waals surface area contributed by atoms with Gasteiger partial charge in [0.2, 0.25) is 5.82 Å². The lowest BCUT2D eigenvalue weighted by molar-refractivity contribution is -0.143. The molecular weight excluding hydrogens is 621 g/mol. The number of para-hydroxylation sites is 1. The third-order valence-corrected chi connectivity index (χ3v) is 9.41. The number of aryl methyl sites for hydroxylation is 1. The van der Waals surface area contributed by atoms with Crippen LogP contribution in [0, 0.1) is 22.2 Å². The van der Waals surface area contributed by atoms with E-state index in [1.807, 2.05) is 25.1 Å². The van der Waals surface area contributed by atoms with E-state index in [0.29, 0.717) is 37.5 Å². The molecule has 0 saturated carbocycles. The van der Waals surface area contributed by atoms with E-state index in [1.165, 1.54) is 24.4 Å². The molecule has 1 aliphatic heterocycles. The minimum Gasteiger partial charge on any atom is -0.493 e. The van der Waals surface area contributed by atoms with Crippen LogP contribution in [0.2, 0.25) is 0 Å². The second kappa shape index (κ2) is 11.9. The molecule has 2 unspecified atom stereocenters. The number of imidazole rings is 1. The molecule has 13 heteroatoms. The van der Waals surface area contributed by atoms with Crippen LogP contribution in [-0.4, -0.2) is 44.6 Å². The number of halogens is 3. The molecular formula is C33H31F3N4O5S. The molecule has 0 fully saturated rings. The Balaban J connectivity index is 1.35. The van der Waals surface area contributed by atoms with Crippen molar-refractivity contribution >= 4 is 26.6 Å². The van der Waals surface area contributed by atoms with Gasteiger partial charge in [-0.05, 0) is 56.5 Å². The fourth-order valence-electron chi connectivity index (χ4n) is 5.88.